The number of sulfonamides is 1. The van der Waals surface area contributed by atoms with Crippen LogP contribution in [0.25, 0.3) is 0 Å². The molecular formula is C12H20N2O3S2. The first-order chi connectivity index (χ1) is 8.92. The molecule has 1 aromatic heterocycles. The van der Waals surface area contributed by atoms with Crippen LogP contribution in [0.3, 0.4) is 0 Å². The molecule has 0 fully saturated rings. The first-order valence-electron chi connectivity index (χ1n) is 6.24. The highest BCUT2D eigenvalue weighted by molar-refractivity contribution is 7.88. The molecule has 1 aromatic rings. The van der Waals surface area contributed by atoms with Crippen LogP contribution in [0.15, 0.2) is 12.1 Å². The summed E-state index contributed by atoms with van der Waals surface area (Å²) in [6.45, 7) is 3.12. The monoisotopic (exact) mass is 304 g/mol. The molecule has 0 unspecified atom stereocenters. The van der Waals surface area contributed by atoms with E-state index in [1.54, 1.807) is 6.07 Å². The van der Waals surface area contributed by atoms with Gasteiger partial charge in [-0.05, 0) is 25.0 Å². The summed E-state index contributed by atoms with van der Waals surface area (Å²) < 4.78 is 24.2. The Bertz CT molecular complexity index is 509. The van der Waals surface area contributed by atoms with E-state index in [-0.39, 0.29) is 5.91 Å². The highest BCUT2D eigenvalue weighted by Gasteiger charge is 2.09. The van der Waals surface area contributed by atoms with Crippen molar-refractivity contribution in [3.05, 3.63) is 21.9 Å². The van der Waals surface area contributed by atoms with E-state index < -0.39 is 10.0 Å². The van der Waals surface area contributed by atoms with Gasteiger partial charge in [-0.3, -0.25) is 4.79 Å². The third-order valence-electron chi connectivity index (χ3n) is 2.44. The fourth-order valence-electron chi connectivity index (χ4n) is 1.46. The summed E-state index contributed by atoms with van der Waals surface area (Å²) in [5.41, 5.74) is 0. The quantitative estimate of drug-likeness (QED) is 0.712. The van der Waals surface area contributed by atoms with E-state index in [0.717, 1.165) is 24.0 Å². The number of hydrogen-bond acceptors (Lipinski definition) is 4. The molecule has 0 bridgehead atoms. The molecule has 2 N–H and O–H groups in total. The Morgan fingerprint density at radius 2 is 2.05 bits per heavy atom. The van der Waals surface area contributed by atoms with Crippen molar-refractivity contribution in [1.29, 1.82) is 0 Å². The Morgan fingerprint density at radius 3 is 2.68 bits per heavy atom. The number of amides is 1. The van der Waals surface area contributed by atoms with Gasteiger partial charge in [0, 0.05) is 18.0 Å². The number of unbranched alkanes of at least 4 members (excludes halogenated alkanes) is 1. The largest absolute Gasteiger partial charge is 0.351 e. The van der Waals surface area contributed by atoms with Gasteiger partial charge < -0.3 is 5.32 Å². The molecule has 1 amide bonds. The fraction of sp³-hybridized carbons (Fsp3) is 0.583. The zero-order valence-electron chi connectivity index (χ0n) is 11.2. The van der Waals surface area contributed by atoms with Crippen molar-refractivity contribution < 1.29 is 13.2 Å². The van der Waals surface area contributed by atoms with Crippen molar-refractivity contribution in [3.63, 3.8) is 0 Å². The molecule has 7 heteroatoms. The number of carbonyl (C=O) groups is 1. The van der Waals surface area contributed by atoms with Gasteiger partial charge >= 0.3 is 0 Å². The Labute approximate surface area is 118 Å². The molecule has 0 aliphatic carbocycles. The lowest BCUT2D eigenvalue weighted by Crippen LogP contribution is -2.24. The van der Waals surface area contributed by atoms with Gasteiger partial charge in [0.25, 0.3) is 5.91 Å². The molecule has 0 radical (unpaired) electrons. The van der Waals surface area contributed by atoms with E-state index in [4.69, 9.17) is 0 Å². The van der Waals surface area contributed by atoms with Gasteiger partial charge in [-0.15, -0.1) is 11.3 Å². The summed E-state index contributed by atoms with van der Waals surface area (Å²) in [6.07, 6.45) is 3.75. The lowest BCUT2D eigenvalue weighted by atomic mass is 10.3. The van der Waals surface area contributed by atoms with Crippen molar-refractivity contribution in [2.24, 2.45) is 0 Å². The normalized spacial score (nSPS) is 11.5. The van der Waals surface area contributed by atoms with Crippen molar-refractivity contribution in [2.75, 3.05) is 19.3 Å². The first-order valence-corrected chi connectivity index (χ1v) is 8.94. The van der Waals surface area contributed by atoms with Gasteiger partial charge in [0.05, 0.1) is 11.1 Å². The molecular weight excluding hydrogens is 284 g/mol. The number of nitrogens with one attached hydrogen (secondary N) is 2. The third-order valence-corrected chi connectivity index (χ3v) is 4.31. The number of thiophene rings is 1. The molecule has 0 spiro atoms. The van der Waals surface area contributed by atoms with E-state index in [1.165, 1.54) is 11.3 Å². The van der Waals surface area contributed by atoms with E-state index >= 15 is 0 Å². The fourth-order valence-corrected chi connectivity index (χ4v) is 2.86. The molecule has 1 rings (SSSR count). The molecule has 0 atom stereocenters. The van der Waals surface area contributed by atoms with Crippen LogP contribution in [-0.2, 0) is 16.4 Å². The zero-order chi connectivity index (χ0) is 14.3. The van der Waals surface area contributed by atoms with Crippen molar-refractivity contribution in [3.8, 4) is 0 Å². The second-order valence-corrected chi connectivity index (χ2v) is 7.29. The number of hydrogen-bond donors (Lipinski definition) is 2. The summed E-state index contributed by atoms with van der Waals surface area (Å²) in [4.78, 5) is 13.4. The van der Waals surface area contributed by atoms with Gasteiger partial charge in [-0.1, -0.05) is 13.3 Å². The molecule has 0 aliphatic rings. The van der Waals surface area contributed by atoms with Gasteiger partial charge in [-0.25, -0.2) is 13.1 Å². The smallest absolute Gasteiger partial charge is 0.261 e. The van der Waals surface area contributed by atoms with Crippen molar-refractivity contribution >= 4 is 27.3 Å². The van der Waals surface area contributed by atoms with Crippen LogP contribution in [0.4, 0.5) is 0 Å². The van der Waals surface area contributed by atoms with Gasteiger partial charge in [0.1, 0.15) is 0 Å². The molecule has 0 aromatic carbocycles. The molecule has 0 saturated carbocycles. The summed E-state index contributed by atoms with van der Waals surface area (Å²) in [7, 11) is -3.14. The van der Waals surface area contributed by atoms with E-state index in [1.807, 2.05) is 6.07 Å². The Hall–Kier alpha value is -0.920. The predicted molar refractivity (Wildman–Crippen MR) is 78.1 cm³/mol. The zero-order valence-corrected chi connectivity index (χ0v) is 12.9. The molecule has 0 aliphatic heterocycles. The van der Waals surface area contributed by atoms with Crippen LogP contribution < -0.4 is 10.0 Å². The van der Waals surface area contributed by atoms with Crippen molar-refractivity contribution in [2.45, 2.75) is 26.2 Å². The second kappa shape index (κ2) is 7.62. The van der Waals surface area contributed by atoms with Gasteiger partial charge in [0.15, 0.2) is 0 Å². The van der Waals surface area contributed by atoms with Gasteiger partial charge in [0.2, 0.25) is 10.0 Å². The van der Waals surface area contributed by atoms with Crippen LogP contribution in [0.5, 0.6) is 0 Å². The average molecular weight is 304 g/mol. The van der Waals surface area contributed by atoms with Crippen LogP contribution in [0, 0.1) is 0 Å². The summed E-state index contributed by atoms with van der Waals surface area (Å²) in [5.74, 6) is -0.0548. The summed E-state index contributed by atoms with van der Waals surface area (Å²) >= 11 is 1.40. The lowest BCUT2D eigenvalue weighted by Gasteiger charge is -2.01. The number of carbonyl (C=O) groups excluding carboxylic acids is 1. The number of rotatable bonds is 8. The first kappa shape index (κ1) is 16.1. The van der Waals surface area contributed by atoms with Crippen molar-refractivity contribution in [1.82, 2.24) is 10.0 Å². The molecule has 1 heterocycles. The predicted octanol–water partition coefficient (Wildman–Crippen LogP) is 1.37. The Morgan fingerprint density at radius 1 is 1.32 bits per heavy atom. The maximum Gasteiger partial charge on any atom is 0.261 e. The molecule has 0 saturated heterocycles. The molecule has 5 nitrogen and oxygen atoms in total. The van der Waals surface area contributed by atoms with Crippen LogP contribution >= 0.6 is 11.3 Å². The SMILES string of the molecule is CCCCNC(=O)c1ccc(CCNS(C)(=O)=O)s1. The molecule has 108 valence electrons. The molecule has 19 heavy (non-hydrogen) atoms. The van der Waals surface area contributed by atoms with Crippen LogP contribution in [0.2, 0.25) is 0 Å². The highest BCUT2D eigenvalue weighted by Crippen LogP contribution is 2.16. The van der Waals surface area contributed by atoms with E-state index in [0.29, 0.717) is 24.4 Å². The maximum atomic E-state index is 11.8. The standard InChI is InChI=1S/C12H20N2O3S2/c1-3-4-8-13-12(15)11-6-5-10(18-11)7-9-14-19(2,16)17/h5-6,14H,3-4,7-9H2,1-2H3,(H,13,15). The lowest BCUT2D eigenvalue weighted by molar-refractivity contribution is 0.0957. The highest BCUT2D eigenvalue weighted by atomic mass is 32.2. The third kappa shape index (κ3) is 6.70. The summed E-state index contributed by atoms with van der Waals surface area (Å²) in [5, 5.41) is 2.85. The Balaban J connectivity index is 2.41. The average Bonchev–Trinajstić information content (AvgIpc) is 2.76. The Kier molecular flexibility index (Phi) is 6.47. The van der Waals surface area contributed by atoms with Crippen LogP contribution in [-0.4, -0.2) is 33.7 Å². The minimum Gasteiger partial charge on any atom is -0.351 e. The minimum atomic E-state index is -3.14. The topological polar surface area (TPSA) is 75.3 Å². The van der Waals surface area contributed by atoms with Gasteiger partial charge in [-0.2, -0.15) is 0 Å². The van der Waals surface area contributed by atoms with E-state index in [2.05, 4.69) is 17.0 Å². The maximum absolute atomic E-state index is 11.8. The van der Waals surface area contributed by atoms with Crippen LogP contribution in [0.1, 0.15) is 34.3 Å². The summed E-state index contributed by atoms with van der Waals surface area (Å²) in [6, 6.07) is 3.64. The second-order valence-electron chi connectivity index (χ2n) is 4.29. The van der Waals surface area contributed by atoms with E-state index in [9.17, 15) is 13.2 Å². The minimum absolute atomic E-state index is 0.0548.